The number of pyridine rings is 1. The molecule has 1 saturated heterocycles. The Kier molecular flexibility index (Phi) is 5.49. The highest BCUT2D eigenvalue weighted by molar-refractivity contribution is 6.34. The molecule has 5 nitrogen and oxygen atoms in total. The van der Waals surface area contributed by atoms with Crippen LogP contribution < -0.4 is 10.2 Å². The minimum absolute atomic E-state index is 0.00172. The van der Waals surface area contributed by atoms with Gasteiger partial charge >= 0.3 is 0 Å². The van der Waals surface area contributed by atoms with E-state index in [4.69, 9.17) is 23.2 Å². The minimum atomic E-state index is -0.433. The molecule has 2 fully saturated rings. The Balaban J connectivity index is 1.39. The Labute approximate surface area is 178 Å². The van der Waals surface area contributed by atoms with Gasteiger partial charge in [0.1, 0.15) is 11.5 Å². The number of benzene rings is 1. The van der Waals surface area contributed by atoms with Gasteiger partial charge in [-0.2, -0.15) is 0 Å². The molecule has 1 spiro atoms. The number of nitrogens with one attached hydrogen (secondary N) is 1. The van der Waals surface area contributed by atoms with Crippen LogP contribution >= 0.6 is 23.2 Å². The molecule has 1 aliphatic carbocycles. The van der Waals surface area contributed by atoms with E-state index < -0.39 is 11.2 Å². The minimum Gasteiger partial charge on any atom is -0.348 e. The standard InChI is InChI=1S/C21H20Cl2FN3O2/c22-13-1-3-17(25-12-13)19(28)26-15-5-7-21(8-6-15)9-10-27(20(21)29)18-4-2-14(24)11-16(18)23/h1-4,11-12,15H,5-10H2,(H,26,28). The second kappa shape index (κ2) is 7.92. The van der Waals surface area contributed by atoms with Crippen LogP contribution in [0.3, 0.4) is 0 Å². The zero-order valence-corrected chi connectivity index (χ0v) is 17.1. The first-order valence-corrected chi connectivity index (χ1v) is 10.3. The van der Waals surface area contributed by atoms with Crippen molar-refractivity contribution in [2.24, 2.45) is 5.41 Å². The summed E-state index contributed by atoms with van der Waals surface area (Å²) < 4.78 is 13.3. The van der Waals surface area contributed by atoms with Crippen molar-refractivity contribution in [3.05, 3.63) is 58.1 Å². The SMILES string of the molecule is O=C(NC1CCC2(CC1)CCN(c1ccc(F)cc1Cl)C2=O)c1ccc(Cl)cn1. The molecule has 2 aliphatic rings. The lowest BCUT2D eigenvalue weighted by Gasteiger charge is -2.36. The summed E-state index contributed by atoms with van der Waals surface area (Å²) in [6.07, 6.45) is 5.00. The predicted molar refractivity (Wildman–Crippen MR) is 110 cm³/mol. The summed E-state index contributed by atoms with van der Waals surface area (Å²) >= 11 is 12.0. The zero-order chi connectivity index (χ0) is 20.6. The first kappa shape index (κ1) is 20.1. The maximum atomic E-state index is 13.3. The van der Waals surface area contributed by atoms with Crippen molar-refractivity contribution < 1.29 is 14.0 Å². The van der Waals surface area contributed by atoms with Crippen molar-refractivity contribution in [3.63, 3.8) is 0 Å². The van der Waals surface area contributed by atoms with Crippen molar-refractivity contribution >= 4 is 40.7 Å². The number of hydrogen-bond acceptors (Lipinski definition) is 3. The Hall–Kier alpha value is -2.18. The van der Waals surface area contributed by atoms with Gasteiger partial charge < -0.3 is 10.2 Å². The number of hydrogen-bond donors (Lipinski definition) is 1. The molecule has 1 saturated carbocycles. The van der Waals surface area contributed by atoms with Gasteiger partial charge in [-0.1, -0.05) is 23.2 Å². The second-order valence-electron chi connectivity index (χ2n) is 7.69. The molecule has 152 valence electrons. The van der Waals surface area contributed by atoms with E-state index in [1.165, 1.54) is 18.3 Å². The van der Waals surface area contributed by atoms with E-state index in [0.717, 1.165) is 19.3 Å². The van der Waals surface area contributed by atoms with E-state index >= 15 is 0 Å². The zero-order valence-electron chi connectivity index (χ0n) is 15.6. The van der Waals surface area contributed by atoms with Crippen molar-refractivity contribution in [3.8, 4) is 0 Å². The Morgan fingerprint density at radius 3 is 2.59 bits per heavy atom. The molecule has 1 N–H and O–H groups in total. The van der Waals surface area contributed by atoms with Gasteiger partial charge in [-0.3, -0.25) is 9.59 Å². The number of carbonyl (C=O) groups is 2. The fourth-order valence-corrected chi connectivity index (χ4v) is 4.68. The van der Waals surface area contributed by atoms with E-state index in [0.29, 0.717) is 35.8 Å². The maximum Gasteiger partial charge on any atom is 0.270 e. The summed E-state index contributed by atoms with van der Waals surface area (Å²) in [4.78, 5) is 31.2. The van der Waals surface area contributed by atoms with Crippen LogP contribution in [0.25, 0.3) is 0 Å². The number of nitrogens with zero attached hydrogens (tertiary/aromatic N) is 2. The molecule has 0 atom stereocenters. The summed E-state index contributed by atoms with van der Waals surface area (Å²) in [5.74, 6) is -0.623. The number of rotatable bonds is 3. The summed E-state index contributed by atoms with van der Waals surface area (Å²) in [6, 6.07) is 7.32. The summed E-state index contributed by atoms with van der Waals surface area (Å²) in [7, 11) is 0. The van der Waals surface area contributed by atoms with Gasteiger partial charge in [-0.05, 0) is 62.4 Å². The van der Waals surface area contributed by atoms with Crippen molar-refractivity contribution in [1.82, 2.24) is 10.3 Å². The van der Waals surface area contributed by atoms with Crippen LogP contribution in [0.5, 0.6) is 0 Å². The third-order valence-corrected chi connectivity index (χ3v) is 6.48. The molecular formula is C21H20Cl2FN3O2. The number of halogens is 3. The predicted octanol–water partition coefficient (Wildman–Crippen LogP) is 4.62. The number of aromatic nitrogens is 1. The van der Waals surface area contributed by atoms with E-state index in [1.54, 1.807) is 23.1 Å². The van der Waals surface area contributed by atoms with Crippen LogP contribution in [-0.4, -0.2) is 29.4 Å². The molecular weight excluding hydrogens is 416 g/mol. The molecule has 1 aliphatic heterocycles. The van der Waals surface area contributed by atoms with Gasteiger partial charge in [0.15, 0.2) is 0 Å². The lowest BCUT2D eigenvalue weighted by atomic mass is 9.71. The van der Waals surface area contributed by atoms with Crippen LogP contribution in [0.1, 0.15) is 42.6 Å². The third-order valence-electron chi connectivity index (χ3n) is 5.95. The van der Waals surface area contributed by atoms with Gasteiger partial charge in [0.05, 0.1) is 21.1 Å². The first-order valence-electron chi connectivity index (χ1n) is 9.57. The third kappa shape index (κ3) is 3.96. The molecule has 29 heavy (non-hydrogen) atoms. The van der Waals surface area contributed by atoms with E-state index in [9.17, 15) is 14.0 Å². The quantitative estimate of drug-likeness (QED) is 0.764. The second-order valence-corrected chi connectivity index (χ2v) is 8.54. The normalized spacial score (nSPS) is 24.2. The summed E-state index contributed by atoms with van der Waals surface area (Å²) in [5, 5.41) is 3.72. The smallest absolute Gasteiger partial charge is 0.270 e. The lowest BCUT2D eigenvalue weighted by Crippen LogP contribution is -2.44. The van der Waals surface area contributed by atoms with Gasteiger partial charge in [-0.15, -0.1) is 0 Å². The molecule has 0 radical (unpaired) electrons. The molecule has 4 rings (SSSR count). The van der Waals surface area contributed by atoms with Gasteiger partial charge in [0, 0.05) is 18.8 Å². The van der Waals surface area contributed by atoms with Gasteiger partial charge in [0.2, 0.25) is 5.91 Å². The molecule has 1 aromatic carbocycles. The van der Waals surface area contributed by atoms with E-state index in [1.807, 2.05) is 0 Å². The number of amides is 2. The van der Waals surface area contributed by atoms with Crippen LogP contribution in [0.2, 0.25) is 10.0 Å². The van der Waals surface area contributed by atoms with Crippen LogP contribution in [0.4, 0.5) is 10.1 Å². The van der Waals surface area contributed by atoms with E-state index in [2.05, 4.69) is 10.3 Å². The number of anilines is 1. The highest BCUT2D eigenvalue weighted by atomic mass is 35.5. The molecule has 2 heterocycles. The average Bonchev–Trinajstić information content (AvgIpc) is 3.00. The topological polar surface area (TPSA) is 62.3 Å². The largest absolute Gasteiger partial charge is 0.348 e. The molecule has 2 aromatic rings. The molecule has 2 amide bonds. The van der Waals surface area contributed by atoms with Crippen molar-refractivity contribution in [1.29, 1.82) is 0 Å². The first-order chi connectivity index (χ1) is 13.9. The maximum absolute atomic E-state index is 13.3. The van der Waals surface area contributed by atoms with Crippen LogP contribution in [-0.2, 0) is 4.79 Å². The van der Waals surface area contributed by atoms with Crippen LogP contribution in [0.15, 0.2) is 36.5 Å². The van der Waals surface area contributed by atoms with Crippen LogP contribution in [0, 0.1) is 11.2 Å². The molecule has 1 aromatic heterocycles. The summed E-state index contributed by atoms with van der Waals surface area (Å²) in [6.45, 7) is 0.565. The van der Waals surface area contributed by atoms with Crippen molar-refractivity contribution in [2.45, 2.75) is 38.1 Å². The summed E-state index contributed by atoms with van der Waals surface area (Å²) in [5.41, 5.74) is 0.445. The molecule has 0 bridgehead atoms. The highest BCUT2D eigenvalue weighted by Gasteiger charge is 2.49. The monoisotopic (exact) mass is 435 g/mol. The lowest BCUT2D eigenvalue weighted by molar-refractivity contribution is -0.127. The van der Waals surface area contributed by atoms with Gasteiger partial charge in [-0.25, -0.2) is 9.37 Å². The Morgan fingerprint density at radius 2 is 1.93 bits per heavy atom. The molecule has 0 unspecified atom stereocenters. The average molecular weight is 436 g/mol. The fraction of sp³-hybridized carbons (Fsp3) is 0.381. The van der Waals surface area contributed by atoms with E-state index in [-0.39, 0.29) is 22.9 Å². The Bertz CT molecular complexity index is 943. The molecule has 8 heteroatoms. The van der Waals surface area contributed by atoms with Crippen molar-refractivity contribution in [2.75, 3.05) is 11.4 Å². The fourth-order valence-electron chi connectivity index (χ4n) is 4.30. The Morgan fingerprint density at radius 1 is 1.17 bits per heavy atom. The highest BCUT2D eigenvalue weighted by Crippen LogP contribution is 2.47. The number of carbonyl (C=O) groups excluding carboxylic acids is 2. The van der Waals surface area contributed by atoms with Gasteiger partial charge in [0.25, 0.3) is 5.91 Å².